The van der Waals surface area contributed by atoms with Gasteiger partial charge in [0.05, 0.1) is 17.4 Å². The minimum absolute atomic E-state index is 0.0934. The Morgan fingerprint density at radius 2 is 1.82 bits per heavy atom. The molecule has 3 N–H and O–H groups in total. The number of aliphatic hydroxyl groups is 1. The summed E-state index contributed by atoms with van der Waals surface area (Å²) in [5.74, 6) is -2.09. The van der Waals surface area contributed by atoms with E-state index in [-0.39, 0.29) is 22.5 Å². The Bertz CT molecular complexity index is 1090. The van der Waals surface area contributed by atoms with Gasteiger partial charge in [-0.15, -0.1) is 0 Å². The molecule has 0 aliphatic heterocycles. The number of hydrogen-bond donors (Lipinski definition) is 3. The fraction of sp³-hybridized carbons (Fsp3) is 0.458. The third kappa shape index (κ3) is 5.13. The number of aromatic nitrogens is 1. The minimum atomic E-state index is -2.67. The van der Waals surface area contributed by atoms with Crippen molar-refractivity contribution in [3.63, 3.8) is 0 Å². The summed E-state index contributed by atoms with van der Waals surface area (Å²) in [6.07, 6.45) is -0.854. The lowest BCUT2D eigenvalue weighted by Gasteiger charge is -2.36. The maximum atomic E-state index is 13.0. The first kappa shape index (κ1) is 24.6. The van der Waals surface area contributed by atoms with Gasteiger partial charge in [-0.2, -0.15) is 0 Å². The summed E-state index contributed by atoms with van der Waals surface area (Å²) < 4.78 is 27.4. The fourth-order valence-electron chi connectivity index (χ4n) is 4.38. The van der Waals surface area contributed by atoms with Crippen LogP contribution in [0.1, 0.15) is 76.7 Å². The average molecular weight is 462 g/mol. The third-order valence-electron chi connectivity index (χ3n) is 6.45. The molecule has 0 radical (unpaired) electrons. The van der Waals surface area contributed by atoms with Crippen LogP contribution in [0.4, 0.5) is 14.5 Å². The van der Waals surface area contributed by atoms with Crippen LogP contribution in [0.2, 0.25) is 0 Å². The van der Waals surface area contributed by atoms with Crippen LogP contribution in [0.15, 0.2) is 24.3 Å². The highest BCUT2D eigenvalue weighted by Crippen LogP contribution is 2.29. The number of nitrogens with zero attached hydrogens (tertiary/aromatic N) is 1. The number of alkyl halides is 2. The zero-order valence-electron chi connectivity index (χ0n) is 19.2. The summed E-state index contributed by atoms with van der Waals surface area (Å²) in [6, 6.07) is 5.38. The molecule has 2 aromatic rings. The zero-order chi connectivity index (χ0) is 24.5. The van der Waals surface area contributed by atoms with Crippen LogP contribution < -0.4 is 10.6 Å². The van der Waals surface area contributed by atoms with Crippen molar-refractivity contribution < 1.29 is 28.3 Å². The highest BCUT2D eigenvalue weighted by molar-refractivity contribution is 6.43. The molecule has 1 aromatic heterocycles. The van der Waals surface area contributed by atoms with Gasteiger partial charge in [0.15, 0.2) is 0 Å². The Balaban J connectivity index is 1.82. The van der Waals surface area contributed by atoms with E-state index in [1.807, 2.05) is 6.92 Å². The predicted molar refractivity (Wildman–Crippen MR) is 120 cm³/mol. The highest BCUT2D eigenvalue weighted by Gasteiger charge is 2.35. The van der Waals surface area contributed by atoms with Crippen molar-refractivity contribution in [3.8, 4) is 0 Å². The number of carbonyl (C=O) groups excluding carboxylic acids is 3. The van der Waals surface area contributed by atoms with Gasteiger partial charge in [0.2, 0.25) is 0 Å². The Morgan fingerprint density at radius 3 is 2.42 bits per heavy atom. The summed E-state index contributed by atoms with van der Waals surface area (Å²) in [4.78, 5) is 38.8. The summed E-state index contributed by atoms with van der Waals surface area (Å²) in [6.45, 7) is 5.08. The molecule has 1 aliphatic rings. The van der Waals surface area contributed by atoms with Crippen molar-refractivity contribution >= 4 is 23.3 Å². The van der Waals surface area contributed by atoms with E-state index in [1.54, 1.807) is 20.9 Å². The second-order valence-electron chi connectivity index (χ2n) is 8.95. The molecule has 1 aromatic carbocycles. The molecule has 0 saturated heterocycles. The van der Waals surface area contributed by atoms with E-state index in [9.17, 15) is 28.3 Å². The number of halogens is 2. The van der Waals surface area contributed by atoms with Crippen molar-refractivity contribution in [1.29, 1.82) is 0 Å². The lowest BCUT2D eigenvalue weighted by Crippen LogP contribution is -2.51. The molecular formula is C24H29F2N3O4. The SMILES string of the molecule is Cc1c(C(=O)Nc2cccc(C(F)F)c2)c(C)n(C)c1C(=O)C(=O)N[C@]1(C)CC[C@H](O)CC1. The molecular weight excluding hydrogens is 432 g/mol. The minimum Gasteiger partial charge on any atom is -0.393 e. The number of Topliss-reactive ketones (excluding diaryl/α,β-unsaturated/α-hetero) is 1. The normalized spacial score (nSPS) is 20.5. The molecule has 0 unspecified atom stereocenters. The van der Waals surface area contributed by atoms with E-state index in [1.165, 1.54) is 28.8 Å². The first-order valence-electron chi connectivity index (χ1n) is 10.8. The number of carbonyl (C=O) groups is 3. The molecule has 9 heteroatoms. The largest absolute Gasteiger partial charge is 0.393 e. The van der Waals surface area contributed by atoms with Gasteiger partial charge in [-0.25, -0.2) is 8.78 Å². The molecule has 1 heterocycles. The molecule has 178 valence electrons. The van der Waals surface area contributed by atoms with Gasteiger partial charge < -0.3 is 20.3 Å². The van der Waals surface area contributed by atoms with Crippen molar-refractivity contribution in [2.24, 2.45) is 7.05 Å². The summed E-state index contributed by atoms with van der Waals surface area (Å²) in [7, 11) is 1.59. The van der Waals surface area contributed by atoms with Crippen molar-refractivity contribution in [1.82, 2.24) is 9.88 Å². The summed E-state index contributed by atoms with van der Waals surface area (Å²) in [5.41, 5.74) is 0.513. The maximum Gasteiger partial charge on any atom is 0.294 e. The maximum absolute atomic E-state index is 13.0. The van der Waals surface area contributed by atoms with Gasteiger partial charge in [0.1, 0.15) is 0 Å². The molecule has 0 bridgehead atoms. The van der Waals surface area contributed by atoms with Crippen LogP contribution in [-0.2, 0) is 11.8 Å². The molecule has 1 fully saturated rings. The molecule has 1 saturated carbocycles. The second kappa shape index (κ2) is 9.43. The first-order valence-corrected chi connectivity index (χ1v) is 10.8. The van der Waals surface area contributed by atoms with E-state index in [4.69, 9.17) is 0 Å². The molecule has 0 atom stereocenters. The Labute approximate surface area is 191 Å². The van der Waals surface area contributed by atoms with E-state index in [2.05, 4.69) is 10.6 Å². The number of nitrogens with one attached hydrogen (secondary N) is 2. The summed E-state index contributed by atoms with van der Waals surface area (Å²) >= 11 is 0. The number of amides is 2. The zero-order valence-corrected chi connectivity index (χ0v) is 19.2. The number of benzene rings is 1. The Morgan fingerprint density at radius 1 is 1.18 bits per heavy atom. The molecule has 2 amide bonds. The molecule has 7 nitrogen and oxygen atoms in total. The molecule has 1 aliphatic carbocycles. The van der Waals surface area contributed by atoms with Gasteiger partial charge in [0.25, 0.3) is 24.0 Å². The average Bonchev–Trinajstić information content (AvgIpc) is 2.98. The van der Waals surface area contributed by atoms with Crippen molar-refractivity contribution in [3.05, 3.63) is 52.3 Å². The number of anilines is 1. The van der Waals surface area contributed by atoms with E-state index >= 15 is 0 Å². The van der Waals surface area contributed by atoms with Crippen LogP contribution in [0.3, 0.4) is 0 Å². The lowest BCUT2D eigenvalue weighted by atomic mass is 9.82. The number of rotatable bonds is 6. The lowest BCUT2D eigenvalue weighted by molar-refractivity contribution is -0.119. The van der Waals surface area contributed by atoms with Gasteiger partial charge in [-0.05, 0) is 64.2 Å². The van der Waals surface area contributed by atoms with Crippen LogP contribution in [0, 0.1) is 13.8 Å². The number of aliphatic hydroxyl groups excluding tert-OH is 1. The number of hydrogen-bond acceptors (Lipinski definition) is 4. The second-order valence-corrected chi connectivity index (χ2v) is 8.95. The van der Waals surface area contributed by atoms with Crippen LogP contribution in [0.5, 0.6) is 0 Å². The Kier molecular flexibility index (Phi) is 7.02. The van der Waals surface area contributed by atoms with Crippen LogP contribution >= 0.6 is 0 Å². The van der Waals surface area contributed by atoms with Gasteiger partial charge in [-0.3, -0.25) is 14.4 Å². The first-order chi connectivity index (χ1) is 15.4. The Hall–Kier alpha value is -3.07. The smallest absolute Gasteiger partial charge is 0.294 e. The van der Waals surface area contributed by atoms with E-state index < -0.39 is 35.7 Å². The van der Waals surface area contributed by atoms with E-state index in [0.717, 1.165) is 0 Å². The molecule has 33 heavy (non-hydrogen) atoms. The third-order valence-corrected chi connectivity index (χ3v) is 6.45. The molecule has 0 spiro atoms. The number of ketones is 1. The molecule has 3 rings (SSSR count). The van der Waals surface area contributed by atoms with Gasteiger partial charge in [-0.1, -0.05) is 12.1 Å². The monoisotopic (exact) mass is 461 g/mol. The van der Waals surface area contributed by atoms with Gasteiger partial charge in [0, 0.05) is 29.5 Å². The van der Waals surface area contributed by atoms with Crippen LogP contribution in [-0.4, -0.2) is 38.9 Å². The predicted octanol–water partition coefficient (Wildman–Crippen LogP) is 3.82. The van der Waals surface area contributed by atoms with E-state index in [0.29, 0.717) is 36.9 Å². The standard InChI is InChI=1S/C24H29F2N3O4/c1-13-18(22(32)27-16-7-5-6-15(12-16)21(25)26)14(2)29(4)19(13)20(31)23(33)28-24(3)10-8-17(30)9-11-24/h5-7,12,17,21,30H,8-11H2,1-4H3,(H,27,32)(H,28,33)/t17-,24+. The quantitative estimate of drug-likeness (QED) is 0.450. The fourth-order valence-corrected chi connectivity index (χ4v) is 4.38. The highest BCUT2D eigenvalue weighted by atomic mass is 19.3. The topological polar surface area (TPSA) is 100 Å². The van der Waals surface area contributed by atoms with Crippen molar-refractivity contribution in [2.45, 2.75) is 64.5 Å². The van der Waals surface area contributed by atoms with Crippen molar-refractivity contribution in [2.75, 3.05) is 5.32 Å². The van der Waals surface area contributed by atoms with Crippen LogP contribution in [0.25, 0.3) is 0 Å². The van der Waals surface area contributed by atoms with Gasteiger partial charge >= 0.3 is 0 Å². The summed E-state index contributed by atoms with van der Waals surface area (Å²) in [5, 5.41) is 15.1.